The minimum atomic E-state index is -0.366. The zero-order chi connectivity index (χ0) is 20.4. The van der Waals surface area contributed by atoms with Crippen molar-refractivity contribution in [2.45, 2.75) is 45.2 Å². The molecule has 0 saturated heterocycles. The fourth-order valence-electron chi connectivity index (χ4n) is 3.52. The Morgan fingerprint density at radius 1 is 1.04 bits per heavy atom. The van der Waals surface area contributed by atoms with Gasteiger partial charge in [-0.05, 0) is 62.3 Å². The normalized spacial score (nSPS) is 12.2. The van der Waals surface area contributed by atoms with E-state index in [-0.39, 0.29) is 10.0 Å². The SMILES string of the molecule is CNc1ccccc1N(C)CCCCCCn1cc[n+](CCCS(C)(C)C)c1. The molecule has 1 aromatic carbocycles. The number of hydrogen-bond acceptors (Lipinski definition) is 2. The van der Waals surface area contributed by atoms with Crippen LogP contribution < -0.4 is 14.8 Å². The summed E-state index contributed by atoms with van der Waals surface area (Å²) >= 11 is 0. The molecule has 0 unspecified atom stereocenters. The smallest absolute Gasteiger partial charge is 0.243 e. The van der Waals surface area contributed by atoms with Gasteiger partial charge in [0, 0.05) is 20.6 Å². The number of benzene rings is 1. The molecule has 2 rings (SSSR count). The zero-order valence-corrected chi connectivity index (χ0v) is 19.5. The standard InChI is InChI=1S/C23H41N4S/c1-24-22-13-8-9-14-23(22)25(2)15-10-6-7-11-16-26-18-19-27(21-26)17-12-20-28(3,4)5/h8-9,13-14,18-19,21,24H,6-7,10-12,15-17,20H2,1-5H3/q+1. The van der Waals surface area contributed by atoms with Crippen LogP contribution in [-0.2, 0) is 13.1 Å². The van der Waals surface area contributed by atoms with Crippen LogP contribution >= 0.6 is 10.0 Å². The molecular formula is C23H41N4S+. The summed E-state index contributed by atoms with van der Waals surface area (Å²) in [5, 5.41) is 3.28. The molecule has 0 saturated carbocycles. The van der Waals surface area contributed by atoms with E-state index in [1.165, 1.54) is 49.2 Å². The molecule has 0 aliphatic carbocycles. The van der Waals surface area contributed by atoms with Crippen LogP contribution in [0, 0.1) is 0 Å². The number of aryl methyl sites for hydroxylation is 2. The molecule has 5 heteroatoms. The summed E-state index contributed by atoms with van der Waals surface area (Å²) in [6.07, 6.45) is 20.3. The molecule has 0 bridgehead atoms. The second kappa shape index (κ2) is 11.4. The van der Waals surface area contributed by atoms with Gasteiger partial charge in [0.1, 0.15) is 12.4 Å². The molecule has 0 amide bonds. The number of anilines is 2. The third-order valence-electron chi connectivity index (χ3n) is 5.16. The summed E-state index contributed by atoms with van der Waals surface area (Å²) in [4.78, 5) is 2.36. The van der Waals surface area contributed by atoms with Crippen LogP contribution in [0.4, 0.5) is 11.4 Å². The molecule has 0 fully saturated rings. The molecule has 1 aromatic heterocycles. The molecule has 2 aromatic rings. The Morgan fingerprint density at radius 3 is 2.54 bits per heavy atom. The predicted molar refractivity (Wildman–Crippen MR) is 127 cm³/mol. The van der Waals surface area contributed by atoms with Crippen molar-refractivity contribution in [3.05, 3.63) is 43.0 Å². The number of nitrogens with zero attached hydrogens (tertiary/aromatic N) is 3. The highest BCUT2D eigenvalue weighted by Crippen LogP contribution is 2.34. The van der Waals surface area contributed by atoms with Crippen molar-refractivity contribution in [2.24, 2.45) is 0 Å². The lowest BCUT2D eigenvalue weighted by Gasteiger charge is -2.24. The third-order valence-corrected chi connectivity index (χ3v) is 6.68. The van der Waals surface area contributed by atoms with Gasteiger partial charge in [-0.2, -0.15) is 0 Å². The van der Waals surface area contributed by atoms with E-state index in [1.54, 1.807) is 0 Å². The molecule has 0 aliphatic rings. The lowest BCUT2D eigenvalue weighted by atomic mass is 10.1. The van der Waals surface area contributed by atoms with Crippen LogP contribution in [-0.4, -0.2) is 49.7 Å². The van der Waals surface area contributed by atoms with Crippen molar-refractivity contribution in [3.8, 4) is 0 Å². The highest BCUT2D eigenvalue weighted by molar-refractivity contribution is 8.32. The second-order valence-electron chi connectivity index (χ2n) is 8.64. The first-order valence-electron chi connectivity index (χ1n) is 10.6. The van der Waals surface area contributed by atoms with Gasteiger partial charge in [-0.1, -0.05) is 18.6 Å². The fourth-order valence-corrected chi connectivity index (χ4v) is 4.51. The number of imidazole rings is 1. The van der Waals surface area contributed by atoms with Crippen LogP contribution in [0.2, 0.25) is 0 Å². The van der Waals surface area contributed by atoms with Crippen LogP contribution in [0.5, 0.6) is 0 Å². The molecule has 28 heavy (non-hydrogen) atoms. The Balaban J connectivity index is 1.59. The molecule has 1 N–H and O–H groups in total. The summed E-state index contributed by atoms with van der Waals surface area (Å²) in [5.41, 5.74) is 2.49. The Morgan fingerprint density at radius 2 is 1.79 bits per heavy atom. The molecule has 0 spiro atoms. The minimum Gasteiger partial charge on any atom is -0.386 e. The van der Waals surface area contributed by atoms with Crippen LogP contribution in [0.25, 0.3) is 0 Å². The number of para-hydroxylation sites is 2. The summed E-state index contributed by atoms with van der Waals surface area (Å²) in [7, 11) is 3.81. The van der Waals surface area contributed by atoms with E-state index in [0.29, 0.717) is 0 Å². The van der Waals surface area contributed by atoms with Gasteiger partial charge in [-0.3, -0.25) is 0 Å². The fraction of sp³-hybridized carbons (Fsp3) is 0.609. The predicted octanol–water partition coefficient (Wildman–Crippen LogP) is 4.60. The van der Waals surface area contributed by atoms with Gasteiger partial charge in [-0.15, -0.1) is 0 Å². The lowest BCUT2D eigenvalue weighted by molar-refractivity contribution is -0.696. The molecule has 0 radical (unpaired) electrons. The number of rotatable bonds is 13. The molecule has 158 valence electrons. The zero-order valence-electron chi connectivity index (χ0n) is 18.7. The Bertz CT molecular complexity index is 690. The van der Waals surface area contributed by atoms with Crippen molar-refractivity contribution >= 4 is 21.4 Å². The van der Waals surface area contributed by atoms with Gasteiger partial charge in [0.2, 0.25) is 6.33 Å². The average molecular weight is 406 g/mol. The molecule has 4 nitrogen and oxygen atoms in total. The summed E-state index contributed by atoms with van der Waals surface area (Å²) in [5.74, 6) is 1.36. The summed E-state index contributed by atoms with van der Waals surface area (Å²) in [6.45, 7) is 3.39. The van der Waals surface area contributed by atoms with Crippen molar-refractivity contribution in [1.29, 1.82) is 0 Å². The number of nitrogens with one attached hydrogen (secondary N) is 1. The maximum absolute atomic E-state index is 3.28. The Labute approximate surface area is 174 Å². The van der Waals surface area contributed by atoms with Gasteiger partial charge >= 0.3 is 0 Å². The lowest BCUT2D eigenvalue weighted by Crippen LogP contribution is -2.31. The maximum atomic E-state index is 3.28. The highest BCUT2D eigenvalue weighted by atomic mass is 32.3. The topological polar surface area (TPSA) is 24.1 Å². The third kappa shape index (κ3) is 8.17. The van der Waals surface area contributed by atoms with Gasteiger partial charge in [0.15, 0.2) is 0 Å². The van der Waals surface area contributed by atoms with Crippen LogP contribution in [0.15, 0.2) is 43.0 Å². The molecule has 0 aliphatic heterocycles. The van der Waals surface area contributed by atoms with Gasteiger partial charge < -0.3 is 10.2 Å². The molecule has 1 heterocycles. The second-order valence-corrected chi connectivity index (χ2v) is 13.2. The quantitative estimate of drug-likeness (QED) is 0.389. The largest absolute Gasteiger partial charge is 0.386 e. The van der Waals surface area contributed by atoms with E-state index in [1.807, 2.05) is 7.05 Å². The van der Waals surface area contributed by atoms with Gasteiger partial charge in [0.25, 0.3) is 0 Å². The first kappa shape index (κ1) is 22.7. The molecular weight excluding hydrogens is 364 g/mol. The Hall–Kier alpha value is -1.62. The first-order valence-corrected chi connectivity index (χ1v) is 13.6. The van der Waals surface area contributed by atoms with E-state index in [0.717, 1.165) is 19.6 Å². The van der Waals surface area contributed by atoms with E-state index in [4.69, 9.17) is 0 Å². The monoisotopic (exact) mass is 405 g/mol. The van der Waals surface area contributed by atoms with Gasteiger partial charge in [0.05, 0.1) is 24.5 Å². The average Bonchev–Trinajstić information content (AvgIpc) is 3.11. The van der Waals surface area contributed by atoms with Crippen molar-refractivity contribution in [1.82, 2.24) is 4.57 Å². The Kier molecular flexibility index (Phi) is 9.23. The minimum absolute atomic E-state index is 0.366. The summed E-state index contributed by atoms with van der Waals surface area (Å²) < 4.78 is 4.69. The van der Waals surface area contributed by atoms with E-state index < -0.39 is 0 Å². The van der Waals surface area contributed by atoms with E-state index in [2.05, 4.69) is 88.2 Å². The highest BCUT2D eigenvalue weighted by Gasteiger charge is 2.08. The number of aromatic nitrogens is 2. The number of unbranched alkanes of at least 4 members (excludes halogenated alkanes) is 3. The maximum Gasteiger partial charge on any atom is 0.243 e. The summed E-state index contributed by atoms with van der Waals surface area (Å²) in [6, 6.07) is 8.52. The van der Waals surface area contributed by atoms with Crippen LogP contribution in [0.1, 0.15) is 32.1 Å². The van der Waals surface area contributed by atoms with E-state index >= 15 is 0 Å². The van der Waals surface area contributed by atoms with Crippen LogP contribution in [0.3, 0.4) is 0 Å². The van der Waals surface area contributed by atoms with Gasteiger partial charge in [-0.25, -0.2) is 19.2 Å². The first-order chi connectivity index (χ1) is 13.4. The number of hydrogen-bond donors (Lipinski definition) is 1. The van der Waals surface area contributed by atoms with Crippen molar-refractivity contribution in [2.75, 3.05) is 55.4 Å². The molecule has 0 atom stereocenters. The van der Waals surface area contributed by atoms with E-state index in [9.17, 15) is 0 Å². The van der Waals surface area contributed by atoms with Crippen molar-refractivity contribution in [3.63, 3.8) is 0 Å². The van der Waals surface area contributed by atoms with Crippen molar-refractivity contribution < 1.29 is 4.57 Å².